The van der Waals surface area contributed by atoms with E-state index in [1.54, 1.807) is 11.3 Å². The van der Waals surface area contributed by atoms with Gasteiger partial charge in [-0.2, -0.15) is 0 Å². The Hall–Kier alpha value is -2.51. The van der Waals surface area contributed by atoms with Gasteiger partial charge in [0.05, 0.1) is 0 Å². The van der Waals surface area contributed by atoms with Crippen LogP contribution < -0.4 is 5.32 Å². The summed E-state index contributed by atoms with van der Waals surface area (Å²) >= 11 is 3.03. The summed E-state index contributed by atoms with van der Waals surface area (Å²) in [5.41, 5.74) is 3.16. The summed E-state index contributed by atoms with van der Waals surface area (Å²) in [5, 5.41) is 16.3. The predicted molar refractivity (Wildman–Crippen MR) is 106 cm³/mol. The van der Waals surface area contributed by atoms with Gasteiger partial charge in [-0.05, 0) is 42.0 Å². The number of aromatic carboxylic acids is 1. The number of thiazole rings is 1. The second kappa shape index (κ2) is 7.25. The van der Waals surface area contributed by atoms with Crippen LogP contribution in [0, 0.1) is 12.8 Å². The van der Waals surface area contributed by atoms with Crippen molar-refractivity contribution in [3.63, 3.8) is 0 Å². The quantitative estimate of drug-likeness (QED) is 0.649. The smallest absolute Gasteiger partial charge is 0.355 e. The fourth-order valence-electron chi connectivity index (χ4n) is 3.18. The maximum atomic E-state index is 12.4. The van der Waals surface area contributed by atoms with E-state index in [1.165, 1.54) is 27.2 Å². The van der Waals surface area contributed by atoms with E-state index in [4.69, 9.17) is 5.11 Å². The fourth-order valence-corrected chi connectivity index (χ4v) is 5.08. The molecule has 0 radical (unpaired) electrons. The highest BCUT2D eigenvalue weighted by Gasteiger charge is 2.45. The van der Waals surface area contributed by atoms with Crippen molar-refractivity contribution in [1.82, 2.24) is 10.3 Å². The molecule has 2 heterocycles. The van der Waals surface area contributed by atoms with Gasteiger partial charge in [0.15, 0.2) is 5.69 Å². The summed E-state index contributed by atoms with van der Waals surface area (Å²) in [7, 11) is 0. The van der Waals surface area contributed by atoms with Crippen LogP contribution in [0.5, 0.6) is 0 Å². The molecule has 2 atom stereocenters. The molecule has 2 unspecified atom stereocenters. The number of aryl methyl sites for hydroxylation is 1. The normalized spacial score (nSPS) is 18.3. The highest BCUT2D eigenvalue weighted by Crippen LogP contribution is 2.50. The number of aromatic nitrogens is 1. The number of rotatable bonds is 6. The van der Waals surface area contributed by atoms with Crippen LogP contribution in [-0.2, 0) is 11.3 Å². The first-order valence-electron chi connectivity index (χ1n) is 8.63. The highest BCUT2D eigenvalue weighted by atomic mass is 32.1. The van der Waals surface area contributed by atoms with Gasteiger partial charge in [-0.25, -0.2) is 9.78 Å². The Morgan fingerprint density at radius 2 is 2.15 bits per heavy atom. The Labute approximate surface area is 164 Å². The molecule has 7 heteroatoms. The summed E-state index contributed by atoms with van der Waals surface area (Å²) in [4.78, 5) is 28.9. The van der Waals surface area contributed by atoms with Gasteiger partial charge in [-0.15, -0.1) is 22.7 Å². The molecule has 1 aliphatic rings. The first kappa shape index (κ1) is 17.9. The molecule has 4 rings (SSSR count). The van der Waals surface area contributed by atoms with Crippen molar-refractivity contribution in [2.45, 2.75) is 25.8 Å². The van der Waals surface area contributed by atoms with Gasteiger partial charge in [0.1, 0.15) is 5.01 Å². The zero-order valence-electron chi connectivity index (χ0n) is 14.6. The molecule has 2 N–H and O–H groups in total. The molecule has 138 valence electrons. The van der Waals surface area contributed by atoms with E-state index in [1.807, 2.05) is 24.3 Å². The zero-order chi connectivity index (χ0) is 19.0. The lowest BCUT2D eigenvalue weighted by Crippen LogP contribution is -2.24. The Morgan fingerprint density at radius 1 is 1.30 bits per heavy atom. The van der Waals surface area contributed by atoms with Crippen LogP contribution in [0.15, 0.2) is 41.1 Å². The maximum absolute atomic E-state index is 12.4. The number of carboxylic acid groups (broad SMARTS) is 1. The number of hydrogen-bond acceptors (Lipinski definition) is 5. The van der Waals surface area contributed by atoms with Crippen LogP contribution in [0.3, 0.4) is 0 Å². The third kappa shape index (κ3) is 3.79. The van der Waals surface area contributed by atoms with E-state index in [2.05, 4.69) is 28.7 Å². The molecule has 5 nitrogen and oxygen atoms in total. The number of carboxylic acids is 1. The van der Waals surface area contributed by atoms with Gasteiger partial charge in [0.25, 0.3) is 0 Å². The van der Waals surface area contributed by atoms with Crippen LogP contribution in [0.4, 0.5) is 0 Å². The number of benzene rings is 1. The lowest BCUT2D eigenvalue weighted by molar-refractivity contribution is -0.122. The molecule has 2 aromatic heterocycles. The second-order valence-electron chi connectivity index (χ2n) is 6.68. The van der Waals surface area contributed by atoms with Crippen molar-refractivity contribution in [2.75, 3.05) is 0 Å². The third-order valence-electron chi connectivity index (χ3n) is 4.73. The number of nitrogens with one attached hydrogen (secondary N) is 1. The molecule has 1 aromatic carbocycles. The van der Waals surface area contributed by atoms with E-state index in [9.17, 15) is 9.59 Å². The number of nitrogens with zero attached hydrogens (tertiary/aromatic N) is 1. The summed E-state index contributed by atoms with van der Waals surface area (Å²) in [6.07, 6.45) is 0.921. The van der Waals surface area contributed by atoms with Gasteiger partial charge in [0.2, 0.25) is 5.91 Å². The van der Waals surface area contributed by atoms with Crippen molar-refractivity contribution < 1.29 is 14.7 Å². The molecule has 0 spiro atoms. The molecule has 1 aliphatic carbocycles. The molecule has 1 saturated carbocycles. The minimum absolute atomic E-state index is 0.0531. The predicted octanol–water partition coefficient (Wildman–Crippen LogP) is 4.30. The topological polar surface area (TPSA) is 79.3 Å². The lowest BCUT2D eigenvalue weighted by atomic mass is 10.1. The number of amides is 1. The Bertz CT molecular complexity index is 1010. The van der Waals surface area contributed by atoms with E-state index in [0.29, 0.717) is 17.5 Å². The third-order valence-corrected chi connectivity index (χ3v) is 6.77. The van der Waals surface area contributed by atoms with Crippen LogP contribution >= 0.6 is 22.7 Å². The average Bonchev–Trinajstić information content (AvgIpc) is 3.08. The second-order valence-corrected chi connectivity index (χ2v) is 8.48. The summed E-state index contributed by atoms with van der Waals surface area (Å²) in [5.74, 6) is -0.495. The molecule has 1 fully saturated rings. The van der Waals surface area contributed by atoms with Crippen LogP contribution in [0.1, 0.15) is 38.8 Å². The average molecular weight is 399 g/mol. The highest BCUT2D eigenvalue weighted by molar-refractivity contribution is 7.13. The van der Waals surface area contributed by atoms with E-state index in [-0.39, 0.29) is 17.5 Å². The van der Waals surface area contributed by atoms with Crippen molar-refractivity contribution in [3.05, 3.63) is 62.8 Å². The van der Waals surface area contributed by atoms with Gasteiger partial charge in [-0.3, -0.25) is 4.79 Å². The monoisotopic (exact) mass is 398 g/mol. The minimum atomic E-state index is -1.03. The van der Waals surface area contributed by atoms with Crippen molar-refractivity contribution >= 4 is 34.6 Å². The molecule has 0 bridgehead atoms. The summed E-state index contributed by atoms with van der Waals surface area (Å²) in [6.45, 7) is 2.55. The lowest BCUT2D eigenvalue weighted by Gasteiger charge is -2.06. The Morgan fingerprint density at radius 3 is 2.85 bits per heavy atom. The van der Waals surface area contributed by atoms with Crippen LogP contribution in [0.2, 0.25) is 0 Å². The summed E-state index contributed by atoms with van der Waals surface area (Å²) in [6, 6.07) is 9.79. The van der Waals surface area contributed by atoms with Gasteiger partial charge < -0.3 is 10.4 Å². The van der Waals surface area contributed by atoms with E-state index >= 15 is 0 Å². The molecular formula is C20H18N2O3S2. The fraction of sp³-hybridized carbons (Fsp3) is 0.250. The molecule has 0 aliphatic heterocycles. The van der Waals surface area contributed by atoms with Gasteiger partial charge in [0, 0.05) is 34.2 Å². The standard InChI is InChI=1S/C20H18N2O3S2/c1-11-5-6-26-17(11)14-8-15(14)18(23)21-9-12-3-2-4-13(7-12)19-22-16(10-27-19)20(24)25/h2-7,10,14-15H,8-9H2,1H3,(H,21,23)(H,24,25). The number of carbonyl (C=O) groups is 2. The number of thiophene rings is 1. The zero-order valence-corrected chi connectivity index (χ0v) is 16.3. The molecular weight excluding hydrogens is 380 g/mol. The van der Waals surface area contributed by atoms with Crippen LogP contribution in [-0.4, -0.2) is 22.0 Å². The van der Waals surface area contributed by atoms with E-state index in [0.717, 1.165) is 17.5 Å². The largest absolute Gasteiger partial charge is 0.476 e. The maximum Gasteiger partial charge on any atom is 0.355 e. The number of carbonyl (C=O) groups excluding carboxylic acids is 1. The van der Waals surface area contributed by atoms with E-state index < -0.39 is 5.97 Å². The summed E-state index contributed by atoms with van der Waals surface area (Å²) < 4.78 is 0. The minimum Gasteiger partial charge on any atom is -0.476 e. The van der Waals surface area contributed by atoms with Gasteiger partial charge in [-0.1, -0.05) is 18.2 Å². The molecule has 1 amide bonds. The van der Waals surface area contributed by atoms with Crippen LogP contribution in [0.25, 0.3) is 10.6 Å². The molecule has 0 saturated heterocycles. The van der Waals surface area contributed by atoms with Crippen molar-refractivity contribution in [1.29, 1.82) is 0 Å². The first-order valence-corrected chi connectivity index (χ1v) is 10.4. The Balaban J connectivity index is 1.38. The van der Waals surface area contributed by atoms with Crippen molar-refractivity contribution in [2.24, 2.45) is 5.92 Å². The SMILES string of the molecule is Cc1ccsc1C1CC1C(=O)NCc1cccc(-c2nc(C(=O)O)cs2)c1. The molecule has 27 heavy (non-hydrogen) atoms. The first-order chi connectivity index (χ1) is 13.0. The van der Waals surface area contributed by atoms with Crippen molar-refractivity contribution in [3.8, 4) is 10.6 Å². The molecule has 3 aromatic rings. The van der Waals surface area contributed by atoms with Gasteiger partial charge >= 0.3 is 5.97 Å². The Kier molecular flexibility index (Phi) is 4.80. The number of hydrogen-bond donors (Lipinski definition) is 2.